The van der Waals surface area contributed by atoms with Crippen LogP contribution >= 0.6 is 0 Å². The van der Waals surface area contributed by atoms with Gasteiger partial charge in [-0.3, -0.25) is 4.79 Å². The van der Waals surface area contributed by atoms with E-state index in [4.69, 9.17) is 0 Å². The average Bonchev–Trinajstić information content (AvgIpc) is 2.64. The maximum absolute atomic E-state index is 12.5. The number of benzene rings is 2. The highest BCUT2D eigenvalue weighted by Crippen LogP contribution is 2.22. The van der Waals surface area contributed by atoms with Crippen LogP contribution in [0.1, 0.15) is 29.5 Å². The number of carbonyl (C=O) groups is 1. The Morgan fingerprint density at radius 1 is 1.04 bits per heavy atom. The van der Waals surface area contributed by atoms with Gasteiger partial charge in [-0.15, -0.1) is 0 Å². The number of hydrogen-bond acceptors (Lipinski definition) is 2. The second kappa shape index (κ2) is 8.19. The van der Waals surface area contributed by atoms with Gasteiger partial charge in [0.25, 0.3) is 0 Å². The minimum atomic E-state index is 0.207. The number of hydrogen-bond donors (Lipinski definition) is 1. The van der Waals surface area contributed by atoms with Gasteiger partial charge >= 0.3 is 0 Å². The summed E-state index contributed by atoms with van der Waals surface area (Å²) in [6, 6.07) is 16.8. The molecular weight excluding hydrogens is 308 g/mol. The Morgan fingerprint density at radius 2 is 1.76 bits per heavy atom. The van der Waals surface area contributed by atoms with Crippen LogP contribution in [-0.4, -0.2) is 30.4 Å². The van der Waals surface area contributed by atoms with Crippen molar-refractivity contribution in [2.75, 3.05) is 25.0 Å². The lowest BCUT2D eigenvalue weighted by Gasteiger charge is -2.32. The first-order valence-electron chi connectivity index (χ1n) is 9.25. The van der Waals surface area contributed by atoms with E-state index in [9.17, 15) is 4.79 Å². The third-order valence-corrected chi connectivity index (χ3v) is 5.37. The van der Waals surface area contributed by atoms with Crippen molar-refractivity contribution in [1.82, 2.24) is 4.90 Å². The molecule has 0 unspecified atom stereocenters. The summed E-state index contributed by atoms with van der Waals surface area (Å²) in [6.07, 6.45) is 3.33. The summed E-state index contributed by atoms with van der Waals surface area (Å²) >= 11 is 0. The highest BCUT2D eigenvalue weighted by molar-refractivity contribution is 5.81. The second-order valence-corrected chi connectivity index (χ2v) is 7.11. The first-order chi connectivity index (χ1) is 12.1. The van der Waals surface area contributed by atoms with Crippen LogP contribution in [0.5, 0.6) is 0 Å². The Labute approximate surface area is 151 Å². The molecular formula is C22H28N2O. The van der Waals surface area contributed by atoms with Crippen molar-refractivity contribution in [3.63, 3.8) is 0 Å². The Kier molecular flexibility index (Phi) is 5.75. The molecule has 3 heteroatoms. The largest absolute Gasteiger partial charge is 0.376 e. The van der Waals surface area contributed by atoms with Crippen LogP contribution in [0.15, 0.2) is 48.5 Å². The molecule has 3 nitrogen and oxygen atoms in total. The van der Waals surface area contributed by atoms with Crippen LogP contribution < -0.4 is 5.32 Å². The van der Waals surface area contributed by atoms with E-state index in [2.05, 4.69) is 55.6 Å². The molecule has 1 amide bonds. The number of rotatable bonds is 5. The van der Waals surface area contributed by atoms with E-state index in [-0.39, 0.29) is 5.91 Å². The molecule has 1 saturated heterocycles. The zero-order valence-electron chi connectivity index (χ0n) is 15.3. The molecule has 0 spiro atoms. The molecule has 1 fully saturated rings. The fourth-order valence-electron chi connectivity index (χ4n) is 3.56. The topological polar surface area (TPSA) is 32.3 Å². The van der Waals surface area contributed by atoms with Gasteiger partial charge < -0.3 is 10.2 Å². The van der Waals surface area contributed by atoms with Crippen LogP contribution in [0.2, 0.25) is 0 Å². The SMILES string of the molecule is Cc1cccc(NCC(=O)N2CCC(Cc3ccccc3)CC2)c1C. The molecule has 1 N–H and O–H groups in total. The molecule has 1 aliphatic rings. The summed E-state index contributed by atoms with van der Waals surface area (Å²) in [5, 5.41) is 3.31. The van der Waals surface area contributed by atoms with Crippen LogP contribution in [0, 0.1) is 19.8 Å². The number of likely N-dealkylation sites (tertiary alicyclic amines) is 1. The summed E-state index contributed by atoms with van der Waals surface area (Å²) in [4.78, 5) is 14.5. The highest BCUT2D eigenvalue weighted by Gasteiger charge is 2.22. The molecule has 0 saturated carbocycles. The van der Waals surface area contributed by atoms with Crippen LogP contribution in [0.3, 0.4) is 0 Å². The highest BCUT2D eigenvalue weighted by atomic mass is 16.2. The molecule has 0 aliphatic carbocycles. The van der Waals surface area contributed by atoms with Gasteiger partial charge in [0.05, 0.1) is 6.54 Å². The van der Waals surface area contributed by atoms with Gasteiger partial charge in [-0.05, 0) is 61.8 Å². The minimum absolute atomic E-state index is 0.207. The predicted molar refractivity (Wildman–Crippen MR) is 104 cm³/mol. The number of nitrogens with zero attached hydrogens (tertiary/aromatic N) is 1. The van der Waals surface area contributed by atoms with Crippen molar-refractivity contribution in [2.24, 2.45) is 5.92 Å². The van der Waals surface area contributed by atoms with E-state index in [0.29, 0.717) is 12.5 Å². The maximum atomic E-state index is 12.5. The summed E-state index contributed by atoms with van der Waals surface area (Å²) in [5.41, 5.74) is 4.94. The van der Waals surface area contributed by atoms with Gasteiger partial charge in [-0.1, -0.05) is 42.5 Å². The summed E-state index contributed by atoms with van der Waals surface area (Å²) in [6.45, 7) is 6.33. The number of nitrogens with one attached hydrogen (secondary N) is 1. The van der Waals surface area contributed by atoms with Gasteiger partial charge in [-0.25, -0.2) is 0 Å². The second-order valence-electron chi connectivity index (χ2n) is 7.11. The van der Waals surface area contributed by atoms with Crippen LogP contribution in [-0.2, 0) is 11.2 Å². The Balaban J connectivity index is 1.46. The normalized spacial score (nSPS) is 15.2. The molecule has 0 atom stereocenters. The van der Waals surface area contributed by atoms with E-state index in [1.165, 1.54) is 16.7 Å². The fourth-order valence-corrected chi connectivity index (χ4v) is 3.56. The van der Waals surface area contributed by atoms with Crippen LogP contribution in [0.4, 0.5) is 5.69 Å². The molecule has 1 heterocycles. The summed E-state index contributed by atoms with van der Waals surface area (Å²) in [7, 11) is 0. The molecule has 0 bridgehead atoms. The van der Waals surface area contributed by atoms with E-state index < -0.39 is 0 Å². The minimum Gasteiger partial charge on any atom is -0.376 e. The molecule has 0 radical (unpaired) electrons. The third-order valence-electron chi connectivity index (χ3n) is 5.37. The zero-order valence-corrected chi connectivity index (χ0v) is 15.3. The van der Waals surface area contributed by atoms with Gasteiger partial charge in [0, 0.05) is 18.8 Å². The molecule has 25 heavy (non-hydrogen) atoms. The molecule has 1 aliphatic heterocycles. The quantitative estimate of drug-likeness (QED) is 0.887. The number of amides is 1. The van der Waals surface area contributed by atoms with E-state index in [1.54, 1.807) is 0 Å². The van der Waals surface area contributed by atoms with Crippen molar-refractivity contribution in [2.45, 2.75) is 33.1 Å². The lowest BCUT2D eigenvalue weighted by Crippen LogP contribution is -2.41. The average molecular weight is 336 g/mol. The van der Waals surface area contributed by atoms with E-state index in [0.717, 1.165) is 38.0 Å². The summed E-state index contributed by atoms with van der Waals surface area (Å²) < 4.78 is 0. The first kappa shape index (κ1) is 17.5. The van der Waals surface area contributed by atoms with Crippen molar-refractivity contribution in [3.8, 4) is 0 Å². The Bertz CT molecular complexity index is 703. The zero-order chi connectivity index (χ0) is 17.6. The fraction of sp³-hybridized carbons (Fsp3) is 0.409. The van der Waals surface area contributed by atoms with Gasteiger partial charge in [0.1, 0.15) is 0 Å². The van der Waals surface area contributed by atoms with Gasteiger partial charge in [0.15, 0.2) is 0 Å². The molecule has 3 rings (SSSR count). The smallest absolute Gasteiger partial charge is 0.241 e. The number of aryl methyl sites for hydroxylation is 1. The van der Waals surface area contributed by atoms with Crippen molar-refractivity contribution in [3.05, 3.63) is 65.2 Å². The number of piperidine rings is 1. The molecule has 0 aromatic heterocycles. The first-order valence-corrected chi connectivity index (χ1v) is 9.25. The summed E-state index contributed by atoms with van der Waals surface area (Å²) in [5.74, 6) is 0.900. The number of anilines is 1. The third kappa shape index (κ3) is 4.62. The monoisotopic (exact) mass is 336 g/mol. The Hall–Kier alpha value is -2.29. The van der Waals surface area contributed by atoms with Crippen LogP contribution in [0.25, 0.3) is 0 Å². The molecule has 2 aromatic rings. The van der Waals surface area contributed by atoms with Gasteiger partial charge in [-0.2, -0.15) is 0 Å². The predicted octanol–water partition coefficient (Wildman–Crippen LogP) is 4.20. The standard InChI is InChI=1S/C22H28N2O/c1-17-7-6-10-21(18(17)2)23-16-22(25)24-13-11-20(12-14-24)15-19-8-4-3-5-9-19/h3-10,20,23H,11-16H2,1-2H3. The lowest BCUT2D eigenvalue weighted by atomic mass is 9.90. The van der Waals surface area contributed by atoms with Crippen molar-refractivity contribution in [1.29, 1.82) is 0 Å². The lowest BCUT2D eigenvalue weighted by molar-refractivity contribution is -0.130. The molecule has 132 valence electrons. The van der Waals surface area contributed by atoms with Gasteiger partial charge in [0.2, 0.25) is 5.91 Å². The van der Waals surface area contributed by atoms with Crippen molar-refractivity contribution >= 4 is 11.6 Å². The maximum Gasteiger partial charge on any atom is 0.241 e. The Morgan fingerprint density at radius 3 is 2.48 bits per heavy atom. The van der Waals surface area contributed by atoms with E-state index >= 15 is 0 Å². The van der Waals surface area contributed by atoms with Crippen molar-refractivity contribution < 1.29 is 4.79 Å². The number of carbonyl (C=O) groups excluding carboxylic acids is 1. The van der Waals surface area contributed by atoms with E-state index in [1.807, 2.05) is 17.0 Å². The molecule has 2 aromatic carbocycles.